The number of hydrogen-bond acceptors (Lipinski definition) is 11. The van der Waals surface area contributed by atoms with Gasteiger partial charge >= 0.3 is 17.9 Å². The van der Waals surface area contributed by atoms with Gasteiger partial charge in [0.15, 0.2) is 29.2 Å². The smallest absolute Gasteiger partial charge is 0.303 e. The molecule has 1 fully saturated rings. The molecule has 2 N–H and O–H groups in total. The van der Waals surface area contributed by atoms with Crippen molar-refractivity contribution >= 4 is 46.6 Å². The Morgan fingerprint density at radius 2 is 1.79 bits per heavy atom. The lowest BCUT2D eigenvalue weighted by atomic mass is 10.1. The van der Waals surface area contributed by atoms with Gasteiger partial charge in [-0.1, -0.05) is 11.6 Å². The van der Waals surface area contributed by atoms with Crippen molar-refractivity contribution in [1.29, 1.82) is 0 Å². The van der Waals surface area contributed by atoms with Crippen LogP contribution in [0.2, 0.25) is 5.15 Å². The first-order chi connectivity index (χ1) is 13.7. The summed E-state index contributed by atoms with van der Waals surface area (Å²) in [6.07, 6.45) is -2.70. The van der Waals surface area contributed by atoms with Crippen LogP contribution in [0.15, 0.2) is 6.33 Å². The van der Waals surface area contributed by atoms with Gasteiger partial charge in [-0.2, -0.15) is 9.97 Å². The number of aromatic nitrogens is 4. The van der Waals surface area contributed by atoms with Crippen LogP contribution in [0.3, 0.4) is 0 Å². The number of halogens is 1. The number of carbonyl (C=O) groups excluding carboxylic acids is 3. The number of nitrogen functional groups attached to an aromatic ring is 1. The Morgan fingerprint density at radius 1 is 1.14 bits per heavy atom. The predicted octanol–water partition coefficient (Wildman–Crippen LogP) is 0.386. The van der Waals surface area contributed by atoms with E-state index >= 15 is 0 Å². The van der Waals surface area contributed by atoms with Gasteiger partial charge in [0.05, 0.1) is 6.33 Å². The maximum absolute atomic E-state index is 11.7. The first-order valence-corrected chi connectivity index (χ1v) is 8.84. The summed E-state index contributed by atoms with van der Waals surface area (Å²) in [5, 5.41) is 0.0290. The Labute approximate surface area is 169 Å². The average Bonchev–Trinajstić information content (AvgIpc) is 3.15. The predicted molar refractivity (Wildman–Crippen MR) is 96.4 cm³/mol. The van der Waals surface area contributed by atoms with Gasteiger partial charge < -0.3 is 24.7 Å². The minimum absolute atomic E-state index is 0.0290. The summed E-state index contributed by atoms with van der Waals surface area (Å²) in [6.45, 7) is 3.39. The highest BCUT2D eigenvalue weighted by Gasteiger charge is 2.51. The quantitative estimate of drug-likeness (QED) is 0.399. The van der Waals surface area contributed by atoms with Gasteiger partial charge in [-0.25, -0.2) is 4.98 Å². The Bertz CT molecular complexity index is 965. The molecular formula is C16H18ClN5O7. The molecule has 156 valence electrons. The third kappa shape index (κ3) is 4.38. The van der Waals surface area contributed by atoms with Gasteiger partial charge in [0.1, 0.15) is 18.2 Å². The van der Waals surface area contributed by atoms with Crippen molar-refractivity contribution < 1.29 is 33.3 Å². The summed E-state index contributed by atoms with van der Waals surface area (Å²) in [6, 6.07) is 0. The van der Waals surface area contributed by atoms with E-state index in [1.54, 1.807) is 0 Å². The minimum Gasteiger partial charge on any atom is -0.463 e. The summed E-state index contributed by atoms with van der Waals surface area (Å²) in [4.78, 5) is 46.6. The Kier molecular flexibility index (Phi) is 5.84. The molecule has 0 radical (unpaired) electrons. The Balaban J connectivity index is 2.04. The molecule has 1 saturated heterocycles. The lowest BCUT2D eigenvalue weighted by Gasteiger charge is -2.23. The van der Waals surface area contributed by atoms with Crippen molar-refractivity contribution in [3.63, 3.8) is 0 Å². The second kappa shape index (κ2) is 8.17. The van der Waals surface area contributed by atoms with E-state index < -0.39 is 42.4 Å². The van der Waals surface area contributed by atoms with E-state index in [9.17, 15) is 14.4 Å². The molecule has 29 heavy (non-hydrogen) atoms. The topological polar surface area (TPSA) is 158 Å². The molecule has 1 aliphatic heterocycles. The number of rotatable bonds is 5. The molecule has 0 aromatic carbocycles. The summed E-state index contributed by atoms with van der Waals surface area (Å²) in [7, 11) is 0. The molecule has 12 nitrogen and oxygen atoms in total. The maximum atomic E-state index is 11.7. The summed E-state index contributed by atoms with van der Waals surface area (Å²) in [5.41, 5.74) is 6.14. The maximum Gasteiger partial charge on any atom is 0.303 e. The number of nitrogens with zero attached hydrogens (tertiary/aromatic N) is 4. The number of nitrogens with two attached hydrogens (primary N) is 1. The molecule has 13 heteroatoms. The van der Waals surface area contributed by atoms with Crippen molar-refractivity contribution in [2.24, 2.45) is 0 Å². The molecule has 3 heterocycles. The number of anilines is 1. The molecule has 0 amide bonds. The zero-order valence-electron chi connectivity index (χ0n) is 15.7. The molecule has 4 atom stereocenters. The molecule has 2 aromatic heterocycles. The molecule has 4 unspecified atom stereocenters. The van der Waals surface area contributed by atoms with E-state index in [1.807, 2.05) is 0 Å². The van der Waals surface area contributed by atoms with Crippen LogP contribution < -0.4 is 5.73 Å². The van der Waals surface area contributed by atoms with Crippen molar-refractivity contribution in [2.75, 3.05) is 12.3 Å². The molecule has 0 aliphatic carbocycles. The van der Waals surface area contributed by atoms with Crippen LogP contribution >= 0.6 is 11.6 Å². The fourth-order valence-corrected chi connectivity index (χ4v) is 3.22. The Morgan fingerprint density at radius 3 is 2.41 bits per heavy atom. The van der Waals surface area contributed by atoms with E-state index in [-0.39, 0.29) is 28.9 Å². The van der Waals surface area contributed by atoms with E-state index in [0.717, 1.165) is 0 Å². The van der Waals surface area contributed by atoms with Crippen LogP contribution in [0.25, 0.3) is 11.2 Å². The van der Waals surface area contributed by atoms with Crippen LogP contribution in [0.4, 0.5) is 5.95 Å². The van der Waals surface area contributed by atoms with Gasteiger partial charge in [-0.15, -0.1) is 0 Å². The number of esters is 3. The lowest BCUT2D eigenvalue weighted by Crippen LogP contribution is -2.40. The van der Waals surface area contributed by atoms with Crippen LogP contribution in [-0.2, 0) is 33.3 Å². The van der Waals surface area contributed by atoms with Crippen LogP contribution in [0.1, 0.15) is 27.0 Å². The van der Waals surface area contributed by atoms with Crippen molar-refractivity contribution in [1.82, 2.24) is 19.5 Å². The third-order valence-electron chi connectivity index (χ3n) is 4.01. The largest absolute Gasteiger partial charge is 0.463 e. The van der Waals surface area contributed by atoms with Crippen LogP contribution in [0.5, 0.6) is 0 Å². The highest BCUT2D eigenvalue weighted by atomic mass is 35.5. The lowest BCUT2D eigenvalue weighted by molar-refractivity contribution is -0.166. The monoisotopic (exact) mass is 427 g/mol. The van der Waals surface area contributed by atoms with Gasteiger partial charge in [0, 0.05) is 20.8 Å². The third-order valence-corrected chi connectivity index (χ3v) is 4.27. The standard InChI is InChI=1S/C16H18ClN5O7/c1-6(23)26-4-9-11(27-7(2)24)12(28-8(3)25)15(29-9)22-5-19-10-13(17)20-16(18)21-14(10)22/h5,9,11-12,15H,4H2,1-3H3,(H2,18,20,21). The van der Waals surface area contributed by atoms with Gasteiger partial charge in [0.2, 0.25) is 5.95 Å². The summed E-state index contributed by atoms with van der Waals surface area (Å²) >= 11 is 6.05. The molecule has 0 bridgehead atoms. The fourth-order valence-electron chi connectivity index (χ4n) is 3.00. The average molecular weight is 428 g/mol. The number of ether oxygens (including phenoxy) is 4. The number of hydrogen-bond donors (Lipinski definition) is 1. The number of carbonyl (C=O) groups is 3. The molecule has 3 rings (SSSR count). The zero-order valence-corrected chi connectivity index (χ0v) is 16.5. The summed E-state index contributed by atoms with van der Waals surface area (Å²) < 4.78 is 23.0. The second-order valence-electron chi connectivity index (χ2n) is 6.21. The van der Waals surface area contributed by atoms with E-state index in [4.69, 9.17) is 36.3 Å². The summed E-state index contributed by atoms with van der Waals surface area (Å²) in [5.74, 6) is -1.91. The fraction of sp³-hybridized carbons (Fsp3) is 0.500. The Hall–Kier alpha value is -2.99. The highest BCUT2D eigenvalue weighted by Crippen LogP contribution is 2.36. The van der Waals surface area contributed by atoms with E-state index in [2.05, 4.69) is 15.0 Å². The van der Waals surface area contributed by atoms with Gasteiger partial charge in [-0.05, 0) is 0 Å². The van der Waals surface area contributed by atoms with Crippen LogP contribution in [-0.4, -0.2) is 62.3 Å². The van der Waals surface area contributed by atoms with Crippen molar-refractivity contribution in [2.45, 2.75) is 45.3 Å². The van der Waals surface area contributed by atoms with E-state index in [0.29, 0.717) is 0 Å². The molecule has 0 spiro atoms. The van der Waals surface area contributed by atoms with Crippen molar-refractivity contribution in [3.05, 3.63) is 11.5 Å². The molecule has 1 aliphatic rings. The van der Waals surface area contributed by atoms with Crippen molar-refractivity contribution in [3.8, 4) is 0 Å². The molecule has 2 aromatic rings. The molecular weight excluding hydrogens is 410 g/mol. The van der Waals surface area contributed by atoms with Crippen LogP contribution in [0, 0.1) is 0 Å². The van der Waals surface area contributed by atoms with Gasteiger partial charge in [-0.3, -0.25) is 19.0 Å². The number of fused-ring (bicyclic) bond motifs is 1. The molecule has 0 saturated carbocycles. The normalized spacial score (nSPS) is 23.7. The first kappa shape index (κ1) is 20.7. The SMILES string of the molecule is CC(=O)OCC1OC(n2cnc3c(Cl)nc(N)nc32)C(OC(C)=O)C1OC(C)=O. The minimum atomic E-state index is -1.08. The highest BCUT2D eigenvalue weighted by molar-refractivity contribution is 6.33. The zero-order chi connectivity index (χ0) is 21.3. The van der Waals surface area contributed by atoms with E-state index in [1.165, 1.54) is 31.7 Å². The first-order valence-electron chi connectivity index (χ1n) is 8.46. The number of imidazole rings is 1. The second-order valence-corrected chi connectivity index (χ2v) is 6.57. The van der Waals surface area contributed by atoms with Gasteiger partial charge in [0.25, 0.3) is 0 Å².